The lowest BCUT2D eigenvalue weighted by Crippen LogP contribution is -2.10. The second-order valence-corrected chi connectivity index (χ2v) is 4.54. The second-order valence-electron chi connectivity index (χ2n) is 4.54. The summed E-state index contributed by atoms with van der Waals surface area (Å²) in [5.74, 6) is -0.104. The first-order valence-corrected chi connectivity index (χ1v) is 6.13. The van der Waals surface area contributed by atoms with Crippen molar-refractivity contribution in [1.82, 2.24) is 0 Å². The number of halogens is 3. The van der Waals surface area contributed by atoms with E-state index in [-0.39, 0.29) is 12.4 Å². The Bertz CT molecular complexity index is 513. The van der Waals surface area contributed by atoms with Crippen molar-refractivity contribution in [3.8, 4) is 5.75 Å². The summed E-state index contributed by atoms with van der Waals surface area (Å²) in [6.07, 6.45) is 3.38. The van der Waals surface area contributed by atoms with Crippen LogP contribution in [0.15, 0.2) is 42.0 Å². The van der Waals surface area contributed by atoms with Crippen LogP contribution in [0.5, 0.6) is 5.75 Å². The quantitative estimate of drug-likeness (QED) is 0.774. The monoisotopic (exact) mass is 268 g/mol. The molecule has 0 atom stereocenters. The first-order chi connectivity index (χ1) is 8.97. The van der Waals surface area contributed by atoms with Gasteiger partial charge in [-0.2, -0.15) is 13.2 Å². The van der Waals surface area contributed by atoms with E-state index < -0.39 is 11.7 Å². The molecule has 1 aliphatic rings. The number of rotatable bonds is 3. The third-order valence-corrected chi connectivity index (χ3v) is 2.91. The van der Waals surface area contributed by atoms with Crippen LogP contribution in [-0.4, -0.2) is 6.61 Å². The highest BCUT2D eigenvalue weighted by Crippen LogP contribution is 2.36. The second kappa shape index (κ2) is 5.51. The average Bonchev–Trinajstić information content (AvgIpc) is 2.36. The van der Waals surface area contributed by atoms with Gasteiger partial charge in [0, 0.05) is 0 Å². The van der Waals surface area contributed by atoms with Gasteiger partial charge < -0.3 is 4.74 Å². The highest BCUT2D eigenvalue weighted by molar-refractivity contribution is 5.39. The molecule has 0 saturated carbocycles. The number of allylic oxidation sites excluding steroid dienone is 2. The summed E-state index contributed by atoms with van der Waals surface area (Å²) in [5, 5.41) is 0. The molecule has 0 heterocycles. The van der Waals surface area contributed by atoms with Gasteiger partial charge in [-0.3, -0.25) is 0 Å². The number of hydrogen-bond acceptors (Lipinski definition) is 1. The Hall–Kier alpha value is -1.71. The van der Waals surface area contributed by atoms with Crippen LogP contribution in [0.3, 0.4) is 0 Å². The molecule has 19 heavy (non-hydrogen) atoms. The van der Waals surface area contributed by atoms with Crippen molar-refractivity contribution in [2.24, 2.45) is 0 Å². The smallest absolute Gasteiger partial charge is 0.419 e. The predicted molar refractivity (Wildman–Crippen MR) is 68.1 cm³/mol. The Morgan fingerprint density at radius 3 is 2.63 bits per heavy atom. The zero-order chi connectivity index (χ0) is 13.9. The molecule has 0 saturated heterocycles. The average molecular weight is 268 g/mol. The van der Waals surface area contributed by atoms with Crippen LogP contribution >= 0.6 is 0 Å². The molecule has 0 unspecified atom stereocenters. The molecule has 0 radical (unpaired) electrons. The number of benzene rings is 1. The summed E-state index contributed by atoms with van der Waals surface area (Å²) in [4.78, 5) is 0. The van der Waals surface area contributed by atoms with Crippen molar-refractivity contribution < 1.29 is 17.9 Å². The first-order valence-electron chi connectivity index (χ1n) is 6.13. The van der Waals surface area contributed by atoms with E-state index in [2.05, 4.69) is 0 Å². The summed E-state index contributed by atoms with van der Waals surface area (Å²) >= 11 is 0. The Balaban J connectivity index is 2.17. The molecule has 0 aromatic heterocycles. The normalized spacial score (nSPS) is 15.3. The molecule has 1 nitrogen and oxygen atoms in total. The lowest BCUT2D eigenvalue weighted by Gasteiger charge is -2.15. The summed E-state index contributed by atoms with van der Waals surface area (Å²) in [6, 6.07) is 3.93. The lowest BCUT2D eigenvalue weighted by atomic mass is 10.1. The fourth-order valence-corrected chi connectivity index (χ4v) is 1.92. The molecule has 0 bridgehead atoms. The zero-order valence-electron chi connectivity index (χ0n) is 10.6. The Morgan fingerprint density at radius 1 is 1.21 bits per heavy atom. The van der Waals surface area contributed by atoms with Gasteiger partial charge in [-0.1, -0.05) is 24.3 Å². The van der Waals surface area contributed by atoms with Gasteiger partial charge in [-0.15, -0.1) is 0 Å². The van der Waals surface area contributed by atoms with Gasteiger partial charge in [0.15, 0.2) is 0 Å². The number of hydrogen-bond donors (Lipinski definition) is 0. The van der Waals surface area contributed by atoms with E-state index in [0.717, 1.165) is 30.0 Å². The highest BCUT2D eigenvalue weighted by Gasteiger charge is 2.34. The third-order valence-electron chi connectivity index (χ3n) is 2.91. The van der Waals surface area contributed by atoms with E-state index in [1.165, 1.54) is 12.1 Å². The van der Waals surface area contributed by atoms with Crippen LogP contribution < -0.4 is 4.74 Å². The van der Waals surface area contributed by atoms with E-state index in [9.17, 15) is 13.2 Å². The van der Waals surface area contributed by atoms with Gasteiger partial charge in [0.1, 0.15) is 12.4 Å². The third kappa shape index (κ3) is 3.63. The molecule has 0 aliphatic heterocycles. The molecule has 2 rings (SSSR count). The van der Waals surface area contributed by atoms with Crippen molar-refractivity contribution in [3.63, 3.8) is 0 Å². The number of alkyl halides is 3. The van der Waals surface area contributed by atoms with Gasteiger partial charge in [-0.05, 0) is 43.0 Å². The van der Waals surface area contributed by atoms with Crippen molar-refractivity contribution >= 4 is 0 Å². The van der Waals surface area contributed by atoms with Crippen LogP contribution in [0.1, 0.15) is 24.0 Å². The Morgan fingerprint density at radius 2 is 2.00 bits per heavy atom. The fraction of sp³-hybridized carbons (Fsp3) is 0.333. The Kier molecular flexibility index (Phi) is 3.98. The maximum Gasteiger partial charge on any atom is 0.419 e. The van der Waals surface area contributed by atoms with E-state index >= 15 is 0 Å². The van der Waals surface area contributed by atoms with Crippen molar-refractivity contribution in [3.05, 3.63) is 53.1 Å². The molecule has 0 N–H and O–H groups in total. The summed E-state index contributed by atoms with van der Waals surface area (Å²) in [5.41, 5.74) is 0.940. The maximum absolute atomic E-state index is 12.8. The van der Waals surface area contributed by atoms with Gasteiger partial charge >= 0.3 is 6.18 Å². The van der Waals surface area contributed by atoms with Crippen LogP contribution in [-0.2, 0) is 6.18 Å². The summed E-state index contributed by atoms with van der Waals surface area (Å²) in [7, 11) is 0. The molecule has 4 heteroatoms. The number of ether oxygens (including phenoxy) is 1. The molecule has 1 aliphatic carbocycles. The van der Waals surface area contributed by atoms with E-state index in [0.29, 0.717) is 0 Å². The minimum absolute atomic E-state index is 0.104. The minimum Gasteiger partial charge on any atom is -0.488 e. The topological polar surface area (TPSA) is 9.23 Å². The standard InChI is InChI=1S/C15H15F3O/c1-11-7-8-13(15(16,17)18)14(9-11)19-10-12-5-3-2-4-6-12/h3,5-9H,2,4,10H2,1H3. The van der Waals surface area contributed by atoms with E-state index in [1.807, 2.05) is 18.2 Å². The molecular formula is C15H15F3O. The molecular weight excluding hydrogens is 253 g/mol. The fourth-order valence-electron chi connectivity index (χ4n) is 1.92. The molecule has 1 aromatic carbocycles. The maximum atomic E-state index is 12.8. The van der Waals surface area contributed by atoms with Crippen LogP contribution in [0.4, 0.5) is 13.2 Å². The van der Waals surface area contributed by atoms with Crippen LogP contribution in [0.25, 0.3) is 0 Å². The zero-order valence-corrected chi connectivity index (χ0v) is 10.6. The molecule has 0 spiro atoms. The first kappa shape index (κ1) is 13.7. The summed E-state index contributed by atoms with van der Waals surface area (Å²) in [6.45, 7) is 1.91. The molecule has 1 aromatic rings. The lowest BCUT2D eigenvalue weighted by molar-refractivity contribution is -0.138. The summed E-state index contributed by atoms with van der Waals surface area (Å²) < 4.78 is 43.9. The van der Waals surface area contributed by atoms with Gasteiger partial charge in [0.05, 0.1) is 5.56 Å². The molecule has 102 valence electrons. The van der Waals surface area contributed by atoms with Gasteiger partial charge in [0.2, 0.25) is 0 Å². The SMILES string of the molecule is Cc1ccc(C(F)(F)F)c(OCC2=CCCC=C2)c1. The van der Waals surface area contributed by atoms with Crippen LogP contribution in [0.2, 0.25) is 0 Å². The molecule has 0 amide bonds. The minimum atomic E-state index is -4.39. The van der Waals surface area contributed by atoms with Crippen molar-refractivity contribution in [1.29, 1.82) is 0 Å². The van der Waals surface area contributed by atoms with Gasteiger partial charge in [0.25, 0.3) is 0 Å². The van der Waals surface area contributed by atoms with E-state index in [1.54, 1.807) is 6.92 Å². The predicted octanol–water partition coefficient (Wildman–Crippen LogP) is 4.67. The molecule has 0 fully saturated rings. The van der Waals surface area contributed by atoms with Crippen molar-refractivity contribution in [2.45, 2.75) is 25.9 Å². The highest BCUT2D eigenvalue weighted by atomic mass is 19.4. The van der Waals surface area contributed by atoms with Crippen molar-refractivity contribution in [2.75, 3.05) is 6.61 Å². The van der Waals surface area contributed by atoms with Gasteiger partial charge in [-0.25, -0.2) is 0 Å². The van der Waals surface area contributed by atoms with E-state index in [4.69, 9.17) is 4.74 Å². The Labute approximate surface area is 110 Å². The largest absolute Gasteiger partial charge is 0.488 e. The number of aryl methyl sites for hydroxylation is 1. The van der Waals surface area contributed by atoms with Crippen LogP contribution in [0, 0.1) is 6.92 Å².